The third-order valence-electron chi connectivity index (χ3n) is 4.60. The van der Waals surface area contributed by atoms with Crippen molar-refractivity contribution in [3.63, 3.8) is 0 Å². The maximum Gasteiger partial charge on any atom is 0.272 e. The quantitative estimate of drug-likeness (QED) is 0.428. The summed E-state index contributed by atoms with van der Waals surface area (Å²) in [5.74, 6) is -0.0967. The number of aromatic nitrogens is 1. The summed E-state index contributed by atoms with van der Waals surface area (Å²) in [7, 11) is 0. The molecule has 0 spiro atoms. The van der Waals surface area contributed by atoms with E-state index in [-0.39, 0.29) is 5.91 Å². The Kier molecular flexibility index (Phi) is 5.01. The maximum atomic E-state index is 13.0. The Balaban J connectivity index is 1.67. The Labute approximate surface area is 167 Å². The first-order valence-electron chi connectivity index (χ1n) is 8.85. The average Bonchev–Trinajstić information content (AvgIpc) is 3.26. The zero-order chi connectivity index (χ0) is 18.8. The minimum absolute atomic E-state index is 0.0967. The number of nitrogens with zero attached hydrogens (tertiary/aromatic N) is 1. The second-order valence-corrected chi connectivity index (χ2v) is 7.80. The van der Waals surface area contributed by atoms with Gasteiger partial charge in [0.2, 0.25) is 0 Å². The van der Waals surface area contributed by atoms with Crippen LogP contribution in [0.25, 0.3) is 10.2 Å². The predicted molar refractivity (Wildman–Crippen MR) is 114 cm³/mol. The standard InChI is InChI=1S/C22H19ClN2OS/c1-2-15-4-3-5-18(12-15)24-22(26)20-13-21-19(10-11-27-21)25(20)14-16-6-8-17(23)9-7-16/h3-13H,2,14H2,1H3,(H,24,26). The minimum Gasteiger partial charge on any atom is -0.331 e. The van der Waals surface area contributed by atoms with Crippen molar-refractivity contribution in [2.24, 2.45) is 0 Å². The molecule has 0 aliphatic heterocycles. The Morgan fingerprint density at radius 2 is 1.89 bits per heavy atom. The number of anilines is 1. The smallest absolute Gasteiger partial charge is 0.272 e. The molecule has 0 atom stereocenters. The number of benzene rings is 2. The second kappa shape index (κ2) is 7.59. The third-order valence-corrected chi connectivity index (χ3v) is 5.71. The van der Waals surface area contributed by atoms with Crippen molar-refractivity contribution in [1.82, 2.24) is 4.57 Å². The monoisotopic (exact) mass is 394 g/mol. The SMILES string of the molecule is CCc1cccc(NC(=O)c2cc3sccc3n2Cc2ccc(Cl)cc2)c1. The van der Waals surface area contributed by atoms with E-state index in [0.29, 0.717) is 17.3 Å². The lowest BCUT2D eigenvalue weighted by Gasteiger charge is -2.12. The van der Waals surface area contributed by atoms with Crippen molar-refractivity contribution in [3.8, 4) is 0 Å². The molecule has 27 heavy (non-hydrogen) atoms. The summed E-state index contributed by atoms with van der Waals surface area (Å²) in [6, 6.07) is 19.7. The number of amides is 1. The van der Waals surface area contributed by atoms with Crippen LogP contribution in [0.2, 0.25) is 5.02 Å². The predicted octanol–water partition coefficient (Wildman–Crippen LogP) is 6.22. The van der Waals surface area contributed by atoms with Crippen molar-refractivity contribution >= 4 is 44.7 Å². The molecular weight excluding hydrogens is 376 g/mol. The van der Waals surface area contributed by atoms with Crippen LogP contribution in [-0.2, 0) is 13.0 Å². The maximum absolute atomic E-state index is 13.0. The Morgan fingerprint density at radius 3 is 2.67 bits per heavy atom. The number of fused-ring (bicyclic) bond motifs is 1. The fourth-order valence-corrected chi connectivity index (χ4v) is 4.12. The van der Waals surface area contributed by atoms with Crippen LogP contribution in [0.1, 0.15) is 28.5 Å². The molecule has 136 valence electrons. The Morgan fingerprint density at radius 1 is 1.07 bits per heavy atom. The average molecular weight is 395 g/mol. The first-order valence-corrected chi connectivity index (χ1v) is 10.1. The van der Waals surface area contributed by atoms with E-state index in [9.17, 15) is 4.79 Å². The molecule has 0 fully saturated rings. The molecule has 2 aromatic heterocycles. The molecule has 2 heterocycles. The highest BCUT2D eigenvalue weighted by Crippen LogP contribution is 2.27. The van der Waals surface area contributed by atoms with Crippen molar-refractivity contribution in [2.45, 2.75) is 19.9 Å². The lowest BCUT2D eigenvalue weighted by Crippen LogP contribution is -2.17. The highest BCUT2D eigenvalue weighted by Gasteiger charge is 2.17. The van der Waals surface area contributed by atoms with Crippen molar-refractivity contribution < 1.29 is 4.79 Å². The van der Waals surface area contributed by atoms with E-state index >= 15 is 0 Å². The van der Waals surface area contributed by atoms with Gasteiger partial charge in [-0.3, -0.25) is 4.79 Å². The van der Waals surface area contributed by atoms with Crippen LogP contribution in [0, 0.1) is 0 Å². The first-order chi connectivity index (χ1) is 13.1. The highest BCUT2D eigenvalue weighted by molar-refractivity contribution is 7.17. The van der Waals surface area contributed by atoms with Gasteiger partial charge in [-0.25, -0.2) is 0 Å². The summed E-state index contributed by atoms with van der Waals surface area (Å²) in [6.45, 7) is 2.72. The summed E-state index contributed by atoms with van der Waals surface area (Å²) in [5.41, 5.74) is 4.86. The second-order valence-electron chi connectivity index (χ2n) is 6.42. The zero-order valence-electron chi connectivity index (χ0n) is 14.9. The molecule has 0 saturated heterocycles. The molecule has 0 aliphatic rings. The van der Waals surface area contributed by atoms with Crippen LogP contribution in [0.3, 0.4) is 0 Å². The number of carbonyl (C=O) groups is 1. The Hall–Kier alpha value is -2.56. The molecule has 4 rings (SSSR count). The zero-order valence-corrected chi connectivity index (χ0v) is 16.5. The van der Waals surface area contributed by atoms with E-state index in [1.165, 1.54) is 5.56 Å². The summed E-state index contributed by atoms with van der Waals surface area (Å²) in [4.78, 5) is 13.0. The molecule has 5 heteroatoms. The summed E-state index contributed by atoms with van der Waals surface area (Å²) >= 11 is 7.64. The lowest BCUT2D eigenvalue weighted by molar-refractivity contribution is 0.101. The van der Waals surface area contributed by atoms with Crippen LogP contribution < -0.4 is 5.32 Å². The molecular formula is C22H19ClN2OS. The van der Waals surface area contributed by atoms with E-state index in [0.717, 1.165) is 27.9 Å². The van der Waals surface area contributed by atoms with Crippen molar-refractivity contribution in [1.29, 1.82) is 0 Å². The minimum atomic E-state index is -0.0967. The normalized spacial score (nSPS) is 11.0. The molecule has 1 amide bonds. The topological polar surface area (TPSA) is 34.0 Å². The number of aryl methyl sites for hydroxylation is 1. The largest absolute Gasteiger partial charge is 0.331 e. The summed E-state index contributed by atoms with van der Waals surface area (Å²) in [5, 5.41) is 5.80. The number of carbonyl (C=O) groups excluding carboxylic acids is 1. The van der Waals surface area contributed by atoms with Crippen LogP contribution in [0.15, 0.2) is 66.0 Å². The van der Waals surface area contributed by atoms with Gasteiger partial charge in [0.05, 0.1) is 10.2 Å². The van der Waals surface area contributed by atoms with Gasteiger partial charge in [-0.2, -0.15) is 0 Å². The van der Waals surface area contributed by atoms with Gasteiger partial charge in [-0.1, -0.05) is 42.8 Å². The molecule has 1 N–H and O–H groups in total. The van der Waals surface area contributed by atoms with Gasteiger partial charge >= 0.3 is 0 Å². The first kappa shape index (κ1) is 17.8. The van der Waals surface area contributed by atoms with Gasteiger partial charge in [-0.05, 0) is 59.3 Å². The molecule has 0 aliphatic carbocycles. The van der Waals surface area contributed by atoms with Crippen molar-refractivity contribution in [3.05, 3.63) is 87.9 Å². The van der Waals surface area contributed by atoms with E-state index < -0.39 is 0 Å². The summed E-state index contributed by atoms with van der Waals surface area (Å²) < 4.78 is 3.17. The molecule has 2 aromatic carbocycles. The molecule has 0 unspecified atom stereocenters. The van der Waals surface area contributed by atoms with Gasteiger partial charge in [0, 0.05) is 17.3 Å². The van der Waals surface area contributed by atoms with E-state index in [1.54, 1.807) is 11.3 Å². The number of thiophene rings is 1. The number of hydrogen-bond donors (Lipinski definition) is 1. The fourth-order valence-electron chi connectivity index (χ4n) is 3.17. The van der Waals surface area contributed by atoms with Crippen LogP contribution in [0.5, 0.6) is 0 Å². The van der Waals surface area contributed by atoms with Crippen LogP contribution in [-0.4, -0.2) is 10.5 Å². The number of rotatable bonds is 5. The van der Waals surface area contributed by atoms with Crippen LogP contribution in [0.4, 0.5) is 5.69 Å². The molecule has 3 nitrogen and oxygen atoms in total. The van der Waals surface area contributed by atoms with Crippen LogP contribution >= 0.6 is 22.9 Å². The number of halogens is 1. The van der Waals surface area contributed by atoms with Crippen molar-refractivity contribution in [2.75, 3.05) is 5.32 Å². The van der Waals surface area contributed by atoms with Gasteiger partial charge in [-0.15, -0.1) is 11.3 Å². The van der Waals surface area contributed by atoms with Gasteiger partial charge in [0.25, 0.3) is 5.91 Å². The van der Waals surface area contributed by atoms with Gasteiger partial charge in [0.1, 0.15) is 5.69 Å². The van der Waals surface area contributed by atoms with E-state index in [1.807, 2.05) is 48.5 Å². The third kappa shape index (κ3) is 3.77. The highest BCUT2D eigenvalue weighted by atomic mass is 35.5. The fraction of sp³-hybridized carbons (Fsp3) is 0.136. The van der Waals surface area contributed by atoms with E-state index in [4.69, 9.17) is 11.6 Å². The molecule has 4 aromatic rings. The lowest BCUT2D eigenvalue weighted by atomic mass is 10.1. The number of hydrogen-bond acceptors (Lipinski definition) is 2. The summed E-state index contributed by atoms with van der Waals surface area (Å²) in [6.07, 6.45) is 0.937. The number of nitrogens with one attached hydrogen (secondary N) is 1. The van der Waals surface area contributed by atoms with Gasteiger partial charge in [0.15, 0.2) is 0 Å². The van der Waals surface area contributed by atoms with E-state index in [2.05, 4.69) is 34.3 Å². The Bertz CT molecular complexity index is 1100. The molecule has 0 bridgehead atoms. The molecule has 0 saturated carbocycles. The van der Waals surface area contributed by atoms with Gasteiger partial charge < -0.3 is 9.88 Å². The molecule has 0 radical (unpaired) electrons.